The van der Waals surface area contributed by atoms with Crippen LogP contribution in [0.4, 0.5) is 5.69 Å². The van der Waals surface area contributed by atoms with Crippen molar-refractivity contribution in [2.45, 2.75) is 24.5 Å². The average molecular weight is 473 g/mol. The van der Waals surface area contributed by atoms with Crippen molar-refractivity contribution < 1.29 is 22.7 Å². The molecular weight excluding hydrogens is 452 g/mol. The van der Waals surface area contributed by atoms with E-state index in [2.05, 4.69) is 10.0 Å². The molecule has 0 aliphatic heterocycles. The lowest BCUT2D eigenvalue weighted by Crippen LogP contribution is -2.35. The van der Waals surface area contributed by atoms with Gasteiger partial charge in [0.2, 0.25) is 0 Å². The van der Waals surface area contributed by atoms with Gasteiger partial charge in [-0.15, -0.1) is 0 Å². The Morgan fingerprint density at radius 1 is 0.969 bits per heavy atom. The highest BCUT2D eigenvalue weighted by molar-refractivity contribution is 7.92. The Labute approximate surface area is 191 Å². The van der Waals surface area contributed by atoms with Crippen molar-refractivity contribution in [3.63, 3.8) is 0 Å². The van der Waals surface area contributed by atoms with Gasteiger partial charge in [-0.25, -0.2) is 13.2 Å². The largest absolute Gasteiger partial charge is 0.449 e. The Bertz CT molecular complexity index is 1220. The van der Waals surface area contributed by atoms with Gasteiger partial charge in [0, 0.05) is 11.6 Å². The molecule has 1 amide bonds. The number of rotatable bonds is 8. The first-order valence-corrected chi connectivity index (χ1v) is 11.5. The van der Waals surface area contributed by atoms with E-state index in [0.717, 1.165) is 5.56 Å². The lowest BCUT2D eigenvalue weighted by Gasteiger charge is -2.14. The van der Waals surface area contributed by atoms with Crippen LogP contribution >= 0.6 is 11.6 Å². The number of anilines is 1. The number of ether oxygens (including phenoxy) is 1. The van der Waals surface area contributed by atoms with Crippen LogP contribution in [0.2, 0.25) is 5.02 Å². The van der Waals surface area contributed by atoms with Crippen LogP contribution in [0, 0.1) is 0 Å². The Balaban J connectivity index is 1.64. The zero-order valence-electron chi connectivity index (χ0n) is 17.1. The minimum atomic E-state index is -3.97. The Kier molecular flexibility index (Phi) is 7.50. The first-order valence-electron chi connectivity index (χ1n) is 9.66. The van der Waals surface area contributed by atoms with E-state index in [0.29, 0.717) is 11.6 Å². The normalized spacial score (nSPS) is 11.9. The van der Waals surface area contributed by atoms with E-state index in [9.17, 15) is 18.0 Å². The molecule has 0 spiro atoms. The molecule has 3 rings (SSSR count). The molecule has 0 fully saturated rings. The fraction of sp³-hybridized carbons (Fsp3) is 0.130. The standard InChI is InChI=1S/C23H21ClN2O5S/c1-16(22(27)25-15-17-7-3-2-4-8-17)31-23(28)18-9-5-12-21(13-18)32(29,30)26-20-11-6-10-19(24)14-20/h2-14,16,26H,15H2,1H3,(H,25,27). The van der Waals surface area contributed by atoms with Gasteiger partial charge in [-0.05, 0) is 48.9 Å². The quantitative estimate of drug-likeness (QED) is 0.482. The SMILES string of the molecule is CC(OC(=O)c1cccc(S(=O)(=O)Nc2cccc(Cl)c2)c1)C(=O)NCc1ccccc1. The van der Waals surface area contributed by atoms with Gasteiger partial charge < -0.3 is 10.1 Å². The number of carbonyl (C=O) groups excluding carboxylic acids is 2. The number of carbonyl (C=O) groups is 2. The first-order chi connectivity index (χ1) is 15.2. The molecule has 0 aromatic heterocycles. The van der Waals surface area contributed by atoms with Crippen molar-refractivity contribution in [3.8, 4) is 0 Å². The van der Waals surface area contributed by atoms with E-state index in [1.807, 2.05) is 30.3 Å². The third-order valence-electron chi connectivity index (χ3n) is 4.42. The molecule has 7 nitrogen and oxygen atoms in total. The zero-order chi connectivity index (χ0) is 23.1. The van der Waals surface area contributed by atoms with E-state index >= 15 is 0 Å². The minimum Gasteiger partial charge on any atom is -0.449 e. The molecule has 166 valence electrons. The summed E-state index contributed by atoms with van der Waals surface area (Å²) in [6.07, 6.45) is -1.06. The number of hydrogen-bond acceptors (Lipinski definition) is 5. The van der Waals surface area contributed by atoms with Crippen LogP contribution < -0.4 is 10.0 Å². The third kappa shape index (κ3) is 6.32. The molecule has 0 heterocycles. The van der Waals surface area contributed by atoms with E-state index < -0.39 is 28.0 Å². The summed E-state index contributed by atoms with van der Waals surface area (Å²) in [5, 5.41) is 3.07. The second-order valence-electron chi connectivity index (χ2n) is 6.89. The van der Waals surface area contributed by atoms with Gasteiger partial charge in [-0.2, -0.15) is 0 Å². The number of hydrogen-bond donors (Lipinski definition) is 2. The van der Waals surface area contributed by atoms with Gasteiger partial charge in [0.05, 0.1) is 16.1 Å². The molecule has 0 aliphatic rings. The van der Waals surface area contributed by atoms with E-state index in [1.165, 1.54) is 37.3 Å². The van der Waals surface area contributed by atoms with Crippen LogP contribution in [0.3, 0.4) is 0 Å². The van der Waals surface area contributed by atoms with Crippen LogP contribution in [0.15, 0.2) is 83.8 Å². The Morgan fingerprint density at radius 3 is 2.41 bits per heavy atom. The molecule has 0 saturated carbocycles. The number of sulfonamides is 1. The van der Waals surface area contributed by atoms with Crippen LogP contribution in [0.5, 0.6) is 0 Å². The van der Waals surface area contributed by atoms with Crippen molar-refractivity contribution in [2.24, 2.45) is 0 Å². The van der Waals surface area contributed by atoms with E-state index in [4.69, 9.17) is 16.3 Å². The predicted octanol–water partition coefficient (Wildman–Crippen LogP) is 4.00. The van der Waals surface area contributed by atoms with Crippen molar-refractivity contribution >= 4 is 39.2 Å². The molecule has 1 unspecified atom stereocenters. The van der Waals surface area contributed by atoms with E-state index in [1.54, 1.807) is 18.2 Å². The maximum Gasteiger partial charge on any atom is 0.338 e. The predicted molar refractivity (Wildman–Crippen MR) is 122 cm³/mol. The third-order valence-corrected chi connectivity index (χ3v) is 6.03. The number of benzene rings is 3. The monoisotopic (exact) mass is 472 g/mol. The molecule has 0 radical (unpaired) electrons. The summed E-state index contributed by atoms with van der Waals surface area (Å²) in [6.45, 7) is 1.74. The number of amides is 1. The van der Waals surface area contributed by atoms with Crippen LogP contribution in [0.1, 0.15) is 22.8 Å². The summed E-state index contributed by atoms with van der Waals surface area (Å²) in [7, 11) is -3.97. The maximum absolute atomic E-state index is 12.7. The average Bonchev–Trinajstić information content (AvgIpc) is 2.78. The second kappa shape index (κ2) is 10.3. The summed E-state index contributed by atoms with van der Waals surface area (Å²) in [5.74, 6) is -1.28. The summed E-state index contributed by atoms with van der Waals surface area (Å²) >= 11 is 5.89. The molecular formula is C23H21ClN2O5S. The molecule has 1 atom stereocenters. The molecule has 0 bridgehead atoms. The highest BCUT2D eigenvalue weighted by Crippen LogP contribution is 2.20. The number of esters is 1. The maximum atomic E-state index is 12.7. The van der Waals surface area contributed by atoms with Crippen molar-refractivity contribution in [3.05, 3.63) is 95.0 Å². The fourth-order valence-electron chi connectivity index (χ4n) is 2.77. The molecule has 3 aromatic carbocycles. The van der Waals surface area contributed by atoms with Crippen molar-refractivity contribution in [2.75, 3.05) is 4.72 Å². The second-order valence-corrected chi connectivity index (χ2v) is 9.01. The summed E-state index contributed by atoms with van der Waals surface area (Å²) in [5.41, 5.74) is 1.19. The summed E-state index contributed by atoms with van der Waals surface area (Å²) in [6, 6.07) is 20.9. The van der Waals surface area contributed by atoms with Gasteiger partial charge in [0.25, 0.3) is 15.9 Å². The van der Waals surface area contributed by atoms with E-state index in [-0.39, 0.29) is 16.1 Å². The van der Waals surface area contributed by atoms with Crippen LogP contribution in [-0.4, -0.2) is 26.4 Å². The summed E-state index contributed by atoms with van der Waals surface area (Å²) in [4.78, 5) is 24.6. The van der Waals surface area contributed by atoms with Crippen LogP contribution in [0.25, 0.3) is 0 Å². The smallest absolute Gasteiger partial charge is 0.338 e. The number of halogens is 1. The lowest BCUT2D eigenvalue weighted by molar-refractivity contribution is -0.129. The molecule has 2 N–H and O–H groups in total. The number of nitrogens with one attached hydrogen (secondary N) is 2. The van der Waals surface area contributed by atoms with Gasteiger partial charge in [0.1, 0.15) is 0 Å². The molecule has 32 heavy (non-hydrogen) atoms. The van der Waals surface area contributed by atoms with Gasteiger partial charge >= 0.3 is 5.97 Å². The highest BCUT2D eigenvalue weighted by atomic mass is 35.5. The zero-order valence-corrected chi connectivity index (χ0v) is 18.7. The Hall–Kier alpha value is -3.36. The first kappa shape index (κ1) is 23.3. The van der Waals surface area contributed by atoms with Gasteiger partial charge in [-0.3, -0.25) is 9.52 Å². The molecule has 0 aliphatic carbocycles. The molecule has 0 saturated heterocycles. The minimum absolute atomic E-state index is 0.00155. The van der Waals surface area contributed by atoms with Crippen molar-refractivity contribution in [1.29, 1.82) is 0 Å². The summed E-state index contributed by atoms with van der Waals surface area (Å²) < 4.78 is 32.9. The fourth-order valence-corrected chi connectivity index (χ4v) is 4.05. The van der Waals surface area contributed by atoms with Crippen molar-refractivity contribution in [1.82, 2.24) is 5.32 Å². The molecule has 3 aromatic rings. The van der Waals surface area contributed by atoms with Gasteiger partial charge in [0.15, 0.2) is 6.10 Å². The molecule has 9 heteroatoms. The van der Waals surface area contributed by atoms with Crippen LogP contribution in [-0.2, 0) is 26.1 Å². The highest BCUT2D eigenvalue weighted by Gasteiger charge is 2.21. The topological polar surface area (TPSA) is 102 Å². The Morgan fingerprint density at radius 2 is 1.69 bits per heavy atom. The van der Waals surface area contributed by atoms with Gasteiger partial charge in [-0.1, -0.05) is 54.1 Å². The lowest BCUT2D eigenvalue weighted by atomic mass is 10.2.